The molecule has 1 heterocycles. The topological polar surface area (TPSA) is 61.9 Å². The summed E-state index contributed by atoms with van der Waals surface area (Å²) < 4.78 is 5.51. The highest BCUT2D eigenvalue weighted by atomic mass is 16.5. The molecule has 0 saturated carbocycles. The van der Waals surface area contributed by atoms with Crippen LogP contribution >= 0.6 is 0 Å². The lowest BCUT2D eigenvalue weighted by molar-refractivity contribution is -0.134. The van der Waals surface area contributed by atoms with Gasteiger partial charge in [-0.1, -0.05) is 24.3 Å². The molecule has 0 atom stereocenters. The van der Waals surface area contributed by atoms with E-state index in [0.29, 0.717) is 31.1 Å². The van der Waals surface area contributed by atoms with Crippen molar-refractivity contribution in [3.63, 3.8) is 0 Å². The Bertz CT molecular complexity index is 829. The van der Waals surface area contributed by atoms with Crippen LogP contribution in [0.5, 0.6) is 5.75 Å². The van der Waals surface area contributed by atoms with Crippen molar-refractivity contribution >= 4 is 23.2 Å². The predicted molar refractivity (Wildman–Crippen MR) is 111 cm³/mol. The molecular formula is C22H27N3O3. The van der Waals surface area contributed by atoms with Crippen molar-refractivity contribution in [2.45, 2.75) is 20.3 Å². The third-order valence-electron chi connectivity index (χ3n) is 4.77. The second kappa shape index (κ2) is 9.26. The summed E-state index contributed by atoms with van der Waals surface area (Å²) in [6.07, 6.45) is -0.162. The molecule has 0 aromatic heterocycles. The molecule has 2 aromatic carbocycles. The Morgan fingerprint density at radius 1 is 1.04 bits per heavy atom. The first-order valence-corrected chi connectivity index (χ1v) is 9.68. The number of nitrogens with one attached hydrogen (secondary N) is 1. The van der Waals surface area contributed by atoms with Crippen molar-refractivity contribution in [3.05, 3.63) is 54.1 Å². The van der Waals surface area contributed by atoms with Crippen LogP contribution in [0.4, 0.5) is 11.4 Å². The Labute approximate surface area is 166 Å². The monoisotopic (exact) mass is 381 g/mol. The van der Waals surface area contributed by atoms with Gasteiger partial charge < -0.3 is 19.9 Å². The zero-order chi connectivity index (χ0) is 19.9. The molecule has 1 aliphatic heterocycles. The summed E-state index contributed by atoms with van der Waals surface area (Å²) in [5.74, 6) is 0.145. The number of piperazine rings is 1. The minimum atomic E-state index is -0.321. The van der Waals surface area contributed by atoms with Crippen molar-refractivity contribution < 1.29 is 14.3 Å². The highest BCUT2D eigenvalue weighted by molar-refractivity contribution is 6.04. The van der Waals surface area contributed by atoms with Gasteiger partial charge in [-0.15, -0.1) is 0 Å². The van der Waals surface area contributed by atoms with Crippen LogP contribution in [0, 0.1) is 6.92 Å². The minimum absolute atomic E-state index is 0.143. The van der Waals surface area contributed by atoms with E-state index in [4.69, 9.17) is 4.74 Å². The van der Waals surface area contributed by atoms with Gasteiger partial charge in [-0.2, -0.15) is 0 Å². The quantitative estimate of drug-likeness (QED) is 0.781. The van der Waals surface area contributed by atoms with Crippen molar-refractivity contribution in [1.29, 1.82) is 0 Å². The second-order valence-electron chi connectivity index (χ2n) is 6.86. The van der Waals surface area contributed by atoms with Gasteiger partial charge in [0.25, 0.3) is 0 Å². The van der Waals surface area contributed by atoms with Crippen molar-refractivity contribution in [2.24, 2.45) is 0 Å². The summed E-state index contributed by atoms with van der Waals surface area (Å²) in [5, 5.41) is 2.78. The largest absolute Gasteiger partial charge is 0.492 e. The number of aryl methyl sites for hydroxylation is 1. The molecule has 0 bridgehead atoms. The molecule has 148 valence electrons. The van der Waals surface area contributed by atoms with E-state index in [2.05, 4.69) is 35.3 Å². The maximum atomic E-state index is 12.5. The van der Waals surface area contributed by atoms with Crippen molar-refractivity contribution in [1.82, 2.24) is 4.90 Å². The zero-order valence-corrected chi connectivity index (χ0v) is 16.5. The lowest BCUT2D eigenvalue weighted by atomic mass is 10.2. The summed E-state index contributed by atoms with van der Waals surface area (Å²) in [4.78, 5) is 28.9. The fourth-order valence-corrected chi connectivity index (χ4v) is 3.33. The average Bonchev–Trinajstić information content (AvgIpc) is 2.70. The smallest absolute Gasteiger partial charge is 0.233 e. The summed E-state index contributed by atoms with van der Waals surface area (Å²) in [5.41, 5.74) is 2.99. The molecular weight excluding hydrogens is 354 g/mol. The molecule has 0 spiro atoms. The zero-order valence-electron chi connectivity index (χ0n) is 16.5. The number of carbonyl (C=O) groups excluding carboxylic acids is 2. The van der Waals surface area contributed by atoms with E-state index >= 15 is 0 Å². The highest BCUT2D eigenvalue weighted by Crippen LogP contribution is 2.24. The number of carbonyl (C=O) groups is 2. The molecule has 6 nitrogen and oxygen atoms in total. The Morgan fingerprint density at radius 2 is 1.79 bits per heavy atom. The maximum absolute atomic E-state index is 12.5. The van der Waals surface area contributed by atoms with Crippen molar-refractivity contribution in [3.8, 4) is 5.75 Å². The predicted octanol–water partition coefficient (Wildman–Crippen LogP) is 3.07. The molecule has 0 unspecified atom stereocenters. The summed E-state index contributed by atoms with van der Waals surface area (Å²) in [7, 11) is 0. The number of benzene rings is 2. The van der Waals surface area contributed by atoms with Crippen LogP contribution in [0.25, 0.3) is 0 Å². The van der Waals surface area contributed by atoms with E-state index in [1.807, 2.05) is 25.1 Å². The molecule has 2 aromatic rings. The van der Waals surface area contributed by atoms with Gasteiger partial charge in [-0.05, 0) is 43.7 Å². The standard InChI is InChI=1S/C22H27N3O3/c1-3-28-20-10-5-4-9-19(20)23-21(26)16-22(27)25-13-11-24(12-14-25)18-8-6-7-17(2)15-18/h4-10,15H,3,11-14,16H2,1-2H3,(H,23,26). The van der Waals surface area contributed by atoms with Gasteiger partial charge in [0.15, 0.2) is 0 Å². The van der Waals surface area contributed by atoms with E-state index in [9.17, 15) is 9.59 Å². The number of ether oxygens (including phenoxy) is 1. The van der Waals surface area contributed by atoms with Gasteiger partial charge in [0.1, 0.15) is 12.2 Å². The highest BCUT2D eigenvalue weighted by Gasteiger charge is 2.23. The SMILES string of the molecule is CCOc1ccccc1NC(=O)CC(=O)N1CCN(c2cccc(C)c2)CC1. The number of anilines is 2. The number of hydrogen-bond donors (Lipinski definition) is 1. The molecule has 1 saturated heterocycles. The van der Waals surface area contributed by atoms with E-state index in [0.717, 1.165) is 13.1 Å². The van der Waals surface area contributed by atoms with Crippen molar-refractivity contribution in [2.75, 3.05) is 43.0 Å². The molecule has 1 fully saturated rings. The second-order valence-corrected chi connectivity index (χ2v) is 6.86. The average molecular weight is 381 g/mol. The summed E-state index contributed by atoms with van der Waals surface area (Å²) in [6, 6.07) is 15.6. The van der Waals surface area contributed by atoms with Gasteiger partial charge in [0.2, 0.25) is 11.8 Å². The van der Waals surface area contributed by atoms with Gasteiger partial charge in [0.05, 0.1) is 12.3 Å². The third kappa shape index (κ3) is 5.03. The first-order chi connectivity index (χ1) is 13.6. The first kappa shape index (κ1) is 19.7. The Kier molecular flexibility index (Phi) is 6.53. The van der Waals surface area contributed by atoms with Crippen LogP contribution in [-0.4, -0.2) is 49.5 Å². The fourth-order valence-electron chi connectivity index (χ4n) is 3.33. The van der Waals surface area contributed by atoms with Crippen LogP contribution in [0.15, 0.2) is 48.5 Å². The molecule has 1 aliphatic rings. The molecule has 3 rings (SSSR count). The lowest BCUT2D eigenvalue weighted by Crippen LogP contribution is -2.49. The van der Waals surface area contributed by atoms with Crippen LogP contribution in [0.2, 0.25) is 0 Å². The Hall–Kier alpha value is -3.02. The third-order valence-corrected chi connectivity index (χ3v) is 4.77. The number of para-hydroxylation sites is 2. The van der Waals surface area contributed by atoms with E-state index in [1.165, 1.54) is 11.3 Å². The Morgan fingerprint density at radius 3 is 2.50 bits per heavy atom. The summed E-state index contributed by atoms with van der Waals surface area (Å²) >= 11 is 0. The van der Waals surface area contributed by atoms with Crippen LogP contribution in [0.3, 0.4) is 0 Å². The van der Waals surface area contributed by atoms with Gasteiger partial charge in [0, 0.05) is 31.9 Å². The minimum Gasteiger partial charge on any atom is -0.492 e. The number of rotatable bonds is 6. The molecule has 0 aliphatic carbocycles. The lowest BCUT2D eigenvalue weighted by Gasteiger charge is -2.36. The normalized spacial score (nSPS) is 13.9. The first-order valence-electron chi connectivity index (χ1n) is 9.68. The van der Waals surface area contributed by atoms with Gasteiger partial charge in [-0.25, -0.2) is 0 Å². The molecule has 6 heteroatoms. The molecule has 28 heavy (non-hydrogen) atoms. The molecule has 2 amide bonds. The maximum Gasteiger partial charge on any atom is 0.233 e. The molecule has 0 radical (unpaired) electrons. The fraction of sp³-hybridized carbons (Fsp3) is 0.364. The van der Waals surface area contributed by atoms with Crippen LogP contribution < -0.4 is 15.0 Å². The van der Waals surface area contributed by atoms with E-state index in [1.54, 1.807) is 17.0 Å². The van der Waals surface area contributed by atoms with E-state index in [-0.39, 0.29) is 18.2 Å². The Balaban J connectivity index is 1.51. The molecule has 1 N–H and O–H groups in total. The van der Waals surface area contributed by atoms with Crippen LogP contribution in [0.1, 0.15) is 18.9 Å². The van der Waals surface area contributed by atoms with Crippen LogP contribution in [-0.2, 0) is 9.59 Å². The number of amides is 2. The van der Waals surface area contributed by atoms with Gasteiger partial charge >= 0.3 is 0 Å². The van der Waals surface area contributed by atoms with E-state index < -0.39 is 0 Å². The number of hydrogen-bond acceptors (Lipinski definition) is 4. The number of nitrogens with zero attached hydrogens (tertiary/aromatic N) is 2. The summed E-state index contributed by atoms with van der Waals surface area (Å²) in [6.45, 7) is 7.25. The van der Waals surface area contributed by atoms with Gasteiger partial charge in [-0.3, -0.25) is 9.59 Å².